The summed E-state index contributed by atoms with van der Waals surface area (Å²) in [5.74, 6) is -5.00. The van der Waals surface area contributed by atoms with E-state index in [9.17, 15) is 19.4 Å². The van der Waals surface area contributed by atoms with Gasteiger partial charge in [0.15, 0.2) is 5.75 Å². The molecule has 0 saturated heterocycles. The van der Waals surface area contributed by atoms with Crippen molar-refractivity contribution < 1.29 is 41.7 Å². The van der Waals surface area contributed by atoms with Crippen molar-refractivity contribution in [3.05, 3.63) is 83.4 Å². The van der Waals surface area contributed by atoms with Crippen LogP contribution in [0.25, 0.3) is 22.3 Å². The Morgan fingerprint density at radius 1 is 0.553 bits per heavy atom. The number of benzene rings is 4. The Balaban J connectivity index is 1.59. The minimum atomic E-state index is -4.94. The van der Waals surface area contributed by atoms with E-state index in [1.807, 2.05) is 24.3 Å². The van der Waals surface area contributed by atoms with E-state index in [1.165, 1.54) is 31.2 Å². The van der Waals surface area contributed by atoms with Gasteiger partial charge in [0, 0.05) is 0 Å². The third kappa shape index (κ3) is 8.70. The maximum absolute atomic E-state index is 15.3. The van der Waals surface area contributed by atoms with E-state index in [1.54, 1.807) is 24.3 Å². The predicted octanol–water partition coefficient (Wildman–Crippen LogP) is 14.8. The molecule has 0 heterocycles. The summed E-state index contributed by atoms with van der Waals surface area (Å²) < 4.78 is 134. The largest absolute Gasteiger partial charge is 0.432 e. The number of ether oxygens (including phenoxy) is 1. The van der Waals surface area contributed by atoms with Gasteiger partial charge in [0.2, 0.25) is 0 Å². The molecule has 15 heteroatoms. The summed E-state index contributed by atoms with van der Waals surface area (Å²) in [6, 6.07) is 15.8. The summed E-state index contributed by atoms with van der Waals surface area (Å²) in [7, 11) is 0. The van der Waals surface area contributed by atoms with Gasteiger partial charge in [-0.1, -0.05) is 81.1 Å². The lowest BCUT2D eigenvalue weighted by atomic mass is 9.97. The van der Waals surface area contributed by atoms with E-state index >= 15 is 17.6 Å². The first-order valence-corrected chi connectivity index (χ1v) is 17.6. The third-order valence-corrected chi connectivity index (χ3v) is 10.6. The lowest BCUT2D eigenvalue weighted by Crippen LogP contribution is -2.26. The molecule has 4 aromatic rings. The summed E-state index contributed by atoms with van der Waals surface area (Å²) in [6.07, 6.45) is 1.96. The molecule has 0 aliphatic heterocycles. The number of rotatable bonds is 16. The number of unbranched alkanes of at least 4 members (excludes halogenated alkanes) is 4. The first kappa shape index (κ1) is 37.6. The first-order valence-electron chi connectivity index (χ1n) is 14.1. The standard InChI is InChI=1S/C32H25F9OS5/c1-2-3-4-5-6-7-18-8-10-19(11-9-18)20-12-14-21(15-13-20)22-16-23(33)25(24(34)17-22)32(35,36)42-26-27(43-37)29(45-39)31(47-41)30(46-40)28(26)44-38/h8-17H,2-7H2,1H3. The molecule has 0 fully saturated rings. The second kappa shape index (κ2) is 17.5. The van der Waals surface area contributed by atoms with Crippen LogP contribution in [0.4, 0.5) is 37.0 Å². The van der Waals surface area contributed by atoms with Crippen LogP contribution in [0.1, 0.15) is 50.2 Å². The van der Waals surface area contributed by atoms with Crippen LogP contribution < -0.4 is 4.74 Å². The van der Waals surface area contributed by atoms with Gasteiger partial charge in [-0.3, -0.25) is 0 Å². The molecule has 0 atom stereocenters. The highest BCUT2D eigenvalue weighted by Crippen LogP contribution is 2.57. The van der Waals surface area contributed by atoms with Crippen molar-refractivity contribution in [2.24, 2.45) is 0 Å². The number of hydrogen-bond acceptors (Lipinski definition) is 6. The fourth-order valence-corrected chi connectivity index (χ4v) is 7.71. The van der Waals surface area contributed by atoms with Gasteiger partial charge in [0.25, 0.3) is 0 Å². The minimum Gasteiger partial charge on any atom is -0.426 e. The van der Waals surface area contributed by atoms with Crippen molar-refractivity contribution in [3.8, 4) is 28.0 Å². The molecule has 0 N–H and O–H groups in total. The van der Waals surface area contributed by atoms with E-state index in [4.69, 9.17) is 0 Å². The highest BCUT2D eigenvalue weighted by atomic mass is 32.2. The summed E-state index contributed by atoms with van der Waals surface area (Å²) in [4.78, 5) is -5.34. The van der Waals surface area contributed by atoms with Gasteiger partial charge in [-0.15, -0.1) is 0 Å². The van der Waals surface area contributed by atoms with Crippen LogP contribution in [0, 0.1) is 11.6 Å². The van der Waals surface area contributed by atoms with E-state index in [2.05, 4.69) is 11.7 Å². The molecule has 0 unspecified atom stereocenters. The van der Waals surface area contributed by atoms with Crippen molar-refractivity contribution in [1.29, 1.82) is 0 Å². The average molecular weight is 757 g/mol. The highest BCUT2D eigenvalue weighted by Gasteiger charge is 2.44. The summed E-state index contributed by atoms with van der Waals surface area (Å²) in [5.41, 5.74) is 1.23. The van der Waals surface area contributed by atoms with Gasteiger partial charge in [-0.25, -0.2) is 8.78 Å². The molecule has 1 nitrogen and oxygen atoms in total. The van der Waals surface area contributed by atoms with E-state index in [0.29, 0.717) is 17.7 Å². The molecule has 0 aliphatic carbocycles. The molecule has 4 rings (SSSR count). The van der Waals surface area contributed by atoms with Crippen LogP contribution in [-0.4, -0.2) is 0 Å². The Bertz CT molecular complexity index is 1600. The van der Waals surface area contributed by atoms with Gasteiger partial charge in [0.1, 0.15) is 27.0 Å². The minimum absolute atomic E-state index is 0.0962. The topological polar surface area (TPSA) is 9.23 Å². The maximum atomic E-state index is 15.3. The van der Waals surface area contributed by atoms with Crippen molar-refractivity contribution in [2.75, 3.05) is 0 Å². The Hall–Kier alpha value is -2.20. The van der Waals surface area contributed by atoms with E-state index < -0.39 is 114 Å². The summed E-state index contributed by atoms with van der Waals surface area (Å²) >= 11 is -4.31. The van der Waals surface area contributed by atoms with Gasteiger partial charge in [-0.2, -0.15) is 28.2 Å². The quantitative estimate of drug-likeness (QED) is 0.0826. The Morgan fingerprint density at radius 2 is 0.957 bits per heavy atom. The van der Waals surface area contributed by atoms with Crippen LogP contribution in [0.15, 0.2) is 85.1 Å². The van der Waals surface area contributed by atoms with Crippen LogP contribution in [0.5, 0.6) is 5.75 Å². The number of hydrogen-bond donors (Lipinski definition) is 0. The zero-order chi connectivity index (χ0) is 34.1. The van der Waals surface area contributed by atoms with Gasteiger partial charge in [-0.05, 0) is 52.8 Å². The normalized spacial score (nSPS) is 11.7. The van der Waals surface area contributed by atoms with E-state index in [0.717, 1.165) is 24.0 Å². The molecule has 0 saturated carbocycles. The van der Waals surface area contributed by atoms with Crippen molar-refractivity contribution in [1.82, 2.24) is 0 Å². The molecule has 0 radical (unpaired) electrons. The van der Waals surface area contributed by atoms with E-state index in [-0.39, 0.29) is 5.56 Å². The molecule has 47 heavy (non-hydrogen) atoms. The molecule has 0 bridgehead atoms. The highest BCUT2D eigenvalue weighted by molar-refractivity contribution is 8.00. The predicted molar refractivity (Wildman–Crippen MR) is 175 cm³/mol. The smallest absolute Gasteiger partial charge is 0.426 e. The van der Waals surface area contributed by atoms with Gasteiger partial charge in [0.05, 0.1) is 75.4 Å². The molecule has 0 aliphatic rings. The van der Waals surface area contributed by atoms with Gasteiger partial charge < -0.3 is 4.74 Å². The van der Waals surface area contributed by atoms with Gasteiger partial charge >= 0.3 is 6.11 Å². The van der Waals surface area contributed by atoms with Crippen molar-refractivity contribution in [2.45, 2.75) is 76.0 Å². The van der Waals surface area contributed by atoms with Crippen LogP contribution in [0.2, 0.25) is 0 Å². The molecule has 0 aromatic heterocycles. The Kier molecular flexibility index (Phi) is 14.0. The molecular formula is C32H25F9OS5. The first-order chi connectivity index (χ1) is 22.6. The molecular weight excluding hydrogens is 732 g/mol. The number of alkyl halides is 2. The van der Waals surface area contributed by atoms with Crippen molar-refractivity contribution >= 4 is 60.7 Å². The van der Waals surface area contributed by atoms with Crippen molar-refractivity contribution in [3.63, 3.8) is 0 Å². The molecule has 252 valence electrons. The second-order valence-corrected chi connectivity index (χ2v) is 13.0. The zero-order valence-electron chi connectivity index (χ0n) is 24.4. The summed E-state index contributed by atoms with van der Waals surface area (Å²) in [5, 5.41) is 0. The lowest BCUT2D eigenvalue weighted by molar-refractivity contribution is -0.192. The third-order valence-electron chi connectivity index (χ3n) is 7.26. The molecule has 0 spiro atoms. The zero-order valence-corrected chi connectivity index (χ0v) is 28.4. The second-order valence-electron chi connectivity index (χ2n) is 10.2. The Labute approximate surface area is 288 Å². The fraction of sp³-hybridized carbons (Fsp3) is 0.250. The SMILES string of the molecule is CCCCCCCc1ccc(-c2ccc(-c3cc(F)c(C(F)(F)Oc4c(SF)c(SF)c(SF)c(SF)c4SF)c(F)c3)cc2)cc1. The van der Waals surface area contributed by atoms with Crippen LogP contribution in [0.3, 0.4) is 0 Å². The monoisotopic (exact) mass is 756 g/mol. The number of halogens is 9. The lowest BCUT2D eigenvalue weighted by Gasteiger charge is -2.24. The fourth-order valence-electron chi connectivity index (χ4n) is 4.91. The molecule has 0 amide bonds. The number of aryl methyl sites for hydroxylation is 1. The maximum Gasteiger partial charge on any atom is 0.432 e. The van der Waals surface area contributed by atoms with Crippen LogP contribution in [-0.2, 0) is 12.5 Å². The average Bonchev–Trinajstić information content (AvgIpc) is 3.07. The Morgan fingerprint density at radius 3 is 1.40 bits per heavy atom. The van der Waals surface area contributed by atoms with Crippen LogP contribution >= 0.6 is 60.7 Å². The summed E-state index contributed by atoms with van der Waals surface area (Å²) in [6.45, 7) is 2.17. The molecule has 4 aromatic carbocycles.